The van der Waals surface area contributed by atoms with E-state index in [1.165, 1.54) is 18.3 Å². The molecule has 1 aromatic carbocycles. The van der Waals surface area contributed by atoms with Gasteiger partial charge in [0.2, 0.25) is 5.91 Å². The van der Waals surface area contributed by atoms with Gasteiger partial charge in [-0.15, -0.1) is 11.3 Å². The van der Waals surface area contributed by atoms with E-state index in [0.29, 0.717) is 37.0 Å². The fourth-order valence-electron chi connectivity index (χ4n) is 3.96. The van der Waals surface area contributed by atoms with Gasteiger partial charge in [0.1, 0.15) is 12.4 Å². The highest BCUT2D eigenvalue weighted by atomic mass is 32.1. The van der Waals surface area contributed by atoms with Crippen molar-refractivity contribution in [2.75, 3.05) is 25.0 Å². The third kappa shape index (κ3) is 7.27. The molecule has 0 aliphatic carbocycles. The van der Waals surface area contributed by atoms with E-state index >= 15 is 0 Å². The van der Waals surface area contributed by atoms with Crippen LogP contribution >= 0.6 is 11.3 Å². The summed E-state index contributed by atoms with van der Waals surface area (Å²) in [6.07, 6.45) is 4.76. The highest BCUT2D eigenvalue weighted by Gasteiger charge is 2.31. The highest BCUT2D eigenvalue weighted by molar-refractivity contribution is 7.15. The van der Waals surface area contributed by atoms with Crippen LogP contribution in [0.15, 0.2) is 48.9 Å². The summed E-state index contributed by atoms with van der Waals surface area (Å²) in [6.45, 7) is 4.13. The van der Waals surface area contributed by atoms with E-state index < -0.39 is 11.9 Å². The lowest BCUT2D eigenvalue weighted by Crippen LogP contribution is -2.46. The van der Waals surface area contributed by atoms with Crippen LogP contribution < -0.4 is 5.32 Å². The van der Waals surface area contributed by atoms with Crippen molar-refractivity contribution in [3.63, 3.8) is 0 Å². The number of hydrogen-bond acceptors (Lipinski definition) is 8. The molecular formula is C24H27FN6O3S. The van der Waals surface area contributed by atoms with Crippen molar-refractivity contribution < 1.29 is 18.7 Å². The van der Waals surface area contributed by atoms with Gasteiger partial charge in [-0.25, -0.2) is 24.1 Å². The summed E-state index contributed by atoms with van der Waals surface area (Å²) in [5, 5.41) is 3.26. The van der Waals surface area contributed by atoms with Crippen LogP contribution in [0.1, 0.15) is 29.6 Å². The number of halogens is 1. The Morgan fingerprint density at radius 3 is 2.66 bits per heavy atom. The maximum Gasteiger partial charge on any atom is 0.410 e. The monoisotopic (exact) mass is 498 g/mol. The van der Waals surface area contributed by atoms with E-state index in [-0.39, 0.29) is 18.6 Å². The van der Waals surface area contributed by atoms with Crippen LogP contribution in [-0.2, 0) is 29.1 Å². The van der Waals surface area contributed by atoms with Crippen LogP contribution in [0.5, 0.6) is 0 Å². The summed E-state index contributed by atoms with van der Waals surface area (Å²) in [7, 11) is 0. The van der Waals surface area contributed by atoms with Crippen molar-refractivity contribution in [1.82, 2.24) is 24.8 Å². The van der Waals surface area contributed by atoms with Crippen LogP contribution in [0, 0.1) is 5.82 Å². The number of nitrogens with one attached hydrogen (secondary N) is 1. The maximum atomic E-state index is 13.3. The topological polar surface area (TPSA) is 101 Å². The Bertz CT molecular complexity index is 1130. The van der Waals surface area contributed by atoms with Crippen molar-refractivity contribution in [3.05, 3.63) is 71.0 Å². The molecule has 1 N–H and O–H groups in total. The van der Waals surface area contributed by atoms with Crippen molar-refractivity contribution in [2.24, 2.45) is 0 Å². The van der Waals surface area contributed by atoms with Gasteiger partial charge in [0.25, 0.3) is 0 Å². The fraction of sp³-hybridized carbons (Fsp3) is 0.375. The van der Waals surface area contributed by atoms with Gasteiger partial charge in [0, 0.05) is 50.6 Å². The summed E-state index contributed by atoms with van der Waals surface area (Å²) in [4.78, 5) is 41.8. The predicted molar refractivity (Wildman–Crippen MR) is 129 cm³/mol. The Morgan fingerprint density at radius 2 is 1.91 bits per heavy atom. The van der Waals surface area contributed by atoms with Crippen molar-refractivity contribution in [2.45, 2.75) is 39.0 Å². The standard InChI is InChI=1S/C24H27FN6O3S/c1-17(32)29-23-28-13-21(35-23)15-30-8-5-9-31(24(33)34-16-18-6-3-2-4-7-18)20(14-30)10-22-26-11-19(25)12-27-22/h2-4,6-7,11-13,20H,5,8-10,14-16H2,1H3,(H,28,29,32). The molecule has 184 valence electrons. The van der Waals surface area contributed by atoms with Gasteiger partial charge in [-0.1, -0.05) is 30.3 Å². The normalized spacial score (nSPS) is 16.5. The van der Waals surface area contributed by atoms with Crippen LogP contribution in [0.25, 0.3) is 0 Å². The van der Waals surface area contributed by atoms with E-state index in [0.717, 1.165) is 35.8 Å². The summed E-state index contributed by atoms with van der Waals surface area (Å²) in [5.41, 5.74) is 0.913. The molecule has 4 rings (SSSR count). The van der Waals surface area contributed by atoms with Crippen LogP contribution in [-0.4, -0.2) is 62.4 Å². The molecule has 2 aromatic heterocycles. The molecule has 1 unspecified atom stereocenters. The first-order valence-electron chi connectivity index (χ1n) is 11.3. The maximum absolute atomic E-state index is 13.3. The van der Waals surface area contributed by atoms with Gasteiger partial charge in [0.15, 0.2) is 10.9 Å². The molecule has 9 nitrogen and oxygen atoms in total. The zero-order valence-electron chi connectivity index (χ0n) is 19.4. The third-order valence-corrected chi connectivity index (χ3v) is 6.43. The van der Waals surface area contributed by atoms with Gasteiger partial charge in [0.05, 0.1) is 18.4 Å². The highest BCUT2D eigenvalue weighted by Crippen LogP contribution is 2.22. The van der Waals surface area contributed by atoms with Crippen molar-refractivity contribution >= 4 is 28.5 Å². The molecule has 1 atom stereocenters. The van der Waals surface area contributed by atoms with E-state index in [9.17, 15) is 14.0 Å². The molecular weight excluding hydrogens is 471 g/mol. The number of benzene rings is 1. The van der Waals surface area contributed by atoms with Gasteiger partial charge in [-0.3, -0.25) is 9.69 Å². The quantitative estimate of drug-likeness (QED) is 0.532. The van der Waals surface area contributed by atoms with Gasteiger partial charge in [-0.2, -0.15) is 0 Å². The minimum atomic E-state index is -0.504. The zero-order chi connectivity index (χ0) is 24.6. The Hall–Kier alpha value is -3.44. The van der Waals surface area contributed by atoms with E-state index in [2.05, 4.69) is 25.2 Å². The number of rotatable bonds is 7. The molecule has 0 radical (unpaired) electrons. The van der Waals surface area contributed by atoms with Crippen LogP contribution in [0.3, 0.4) is 0 Å². The summed E-state index contributed by atoms with van der Waals surface area (Å²) < 4.78 is 19.0. The largest absolute Gasteiger partial charge is 0.445 e. The van der Waals surface area contributed by atoms with Crippen molar-refractivity contribution in [3.8, 4) is 0 Å². The van der Waals surface area contributed by atoms with Gasteiger partial charge in [-0.05, 0) is 12.0 Å². The Labute approximate surface area is 207 Å². The molecule has 35 heavy (non-hydrogen) atoms. The van der Waals surface area contributed by atoms with Crippen LogP contribution in [0.4, 0.5) is 14.3 Å². The second-order valence-electron chi connectivity index (χ2n) is 8.31. The SMILES string of the molecule is CC(=O)Nc1ncc(CN2CCCN(C(=O)OCc3ccccc3)C(Cc3ncc(F)cn3)C2)s1. The van der Waals surface area contributed by atoms with Gasteiger partial charge < -0.3 is 15.0 Å². The number of ether oxygens (including phenoxy) is 1. The minimum Gasteiger partial charge on any atom is -0.445 e. The number of hydrogen-bond donors (Lipinski definition) is 1. The Balaban J connectivity index is 1.47. The number of anilines is 1. The Kier molecular flexibility index (Phi) is 8.32. The van der Waals surface area contributed by atoms with E-state index in [1.54, 1.807) is 11.1 Å². The number of amides is 2. The lowest BCUT2D eigenvalue weighted by molar-refractivity contribution is -0.114. The summed E-state index contributed by atoms with van der Waals surface area (Å²) in [6, 6.07) is 9.28. The molecule has 0 bridgehead atoms. The zero-order valence-corrected chi connectivity index (χ0v) is 20.2. The lowest BCUT2D eigenvalue weighted by Gasteiger charge is -2.30. The molecule has 0 spiro atoms. The Morgan fingerprint density at radius 1 is 1.14 bits per heavy atom. The average Bonchev–Trinajstić information content (AvgIpc) is 3.17. The summed E-state index contributed by atoms with van der Waals surface area (Å²) >= 11 is 1.42. The molecule has 1 saturated heterocycles. The first kappa shape index (κ1) is 24.7. The fourth-order valence-corrected chi connectivity index (χ4v) is 4.86. The first-order chi connectivity index (χ1) is 17.0. The number of nitrogens with zero attached hydrogens (tertiary/aromatic N) is 5. The minimum absolute atomic E-state index is 0.162. The van der Waals surface area contributed by atoms with Gasteiger partial charge >= 0.3 is 6.09 Å². The molecule has 2 amide bonds. The van der Waals surface area contributed by atoms with E-state index in [4.69, 9.17) is 4.74 Å². The van der Waals surface area contributed by atoms with Crippen LogP contribution in [0.2, 0.25) is 0 Å². The molecule has 1 fully saturated rings. The molecule has 1 aliphatic heterocycles. The predicted octanol–water partition coefficient (Wildman–Crippen LogP) is 3.49. The first-order valence-corrected chi connectivity index (χ1v) is 12.2. The number of thiazole rings is 1. The smallest absolute Gasteiger partial charge is 0.410 e. The lowest BCUT2D eigenvalue weighted by atomic mass is 10.1. The van der Waals surface area contributed by atoms with Crippen molar-refractivity contribution in [1.29, 1.82) is 0 Å². The number of carbonyl (C=O) groups excluding carboxylic acids is 2. The number of carbonyl (C=O) groups is 2. The molecule has 3 heterocycles. The third-order valence-electron chi connectivity index (χ3n) is 5.53. The molecule has 1 aliphatic rings. The second-order valence-corrected chi connectivity index (χ2v) is 9.43. The number of aromatic nitrogens is 3. The molecule has 11 heteroatoms. The molecule has 3 aromatic rings. The average molecular weight is 499 g/mol. The van der Waals surface area contributed by atoms with E-state index in [1.807, 2.05) is 30.3 Å². The second kappa shape index (κ2) is 11.8. The summed E-state index contributed by atoms with van der Waals surface area (Å²) in [5.74, 6) is -0.204. The molecule has 0 saturated carbocycles.